The van der Waals surface area contributed by atoms with Gasteiger partial charge in [-0.2, -0.15) is 0 Å². The van der Waals surface area contributed by atoms with Crippen LogP contribution in [0.15, 0.2) is 30.5 Å². The van der Waals surface area contributed by atoms with Crippen LogP contribution in [0.3, 0.4) is 0 Å². The third kappa shape index (κ3) is 3.44. The van der Waals surface area contributed by atoms with E-state index in [1.165, 1.54) is 42.5 Å². The lowest BCUT2D eigenvalue weighted by Gasteiger charge is -2.36. The molecule has 6 rings (SSSR count). The monoisotopic (exact) mass is 391 g/mol. The predicted octanol–water partition coefficient (Wildman–Crippen LogP) is 4.17. The number of ether oxygens (including phenoxy) is 2. The first kappa shape index (κ1) is 17.8. The van der Waals surface area contributed by atoms with E-state index in [1.807, 2.05) is 0 Å². The van der Waals surface area contributed by atoms with Gasteiger partial charge < -0.3 is 9.47 Å². The Kier molecular flexibility index (Phi) is 4.53. The summed E-state index contributed by atoms with van der Waals surface area (Å²) in [6.07, 6.45) is 10.7. The van der Waals surface area contributed by atoms with Crippen molar-refractivity contribution in [2.45, 2.75) is 75.6 Å². The summed E-state index contributed by atoms with van der Waals surface area (Å²) < 4.78 is 11.9. The summed E-state index contributed by atoms with van der Waals surface area (Å²) in [5, 5.41) is 0. The second-order valence-corrected chi connectivity index (χ2v) is 9.08. The Morgan fingerprint density at radius 3 is 2.90 bits per heavy atom. The molecule has 152 valence electrons. The molecule has 3 aliphatic heterocycles. The lowest BCUT2D eigenvalue weighted by atomic mass is 9.98. The first-order valence-corrected chi connectivity index (χ1v) is 11.3. The van der Waals surface area contributed by atoms with E-state index in [4.69, 9.17) is 19.4 Å². The molecule has 5 nitrogen and oxygen atoms in total. The third-order valence-electron chi connectivity index (χ3n) is 7.07. The van der Waals surface area contributed by atoms with Crippen LogP contribution in [-0.4, -0.2) is 40.2 Å². The summed E-state index contributed by atoms with van der Waals surface area (Å²) >= 11 is 0. The van der Waals surface area contributed by atoms with Crippen LogP contribution in [0, 0.1) is 0 Å². The zero-order valence-electron chi connectivity index (χ0n) is 16.9. The SMILES string of the molecule is c1ccc(OC[C@H]2CCCO2)c(CN2[C@H]3CC[C@H]2c2cnc(C4CC4)nc2C3)c1. The average molecular weight is 392 g/mol. The Morgan fingerprint density at radius 2 is 2.03 bits per heavy atom. The molecule has 1 aromatic heterocycles. The van der Waals surface area contributed by atoms with Crippen LogP contribution < -0.4 is 4.74 Å². The molecule has 0 unspecified atom stereocenters. The van der Waals surface area contributed by atoms with Crippen molar-refractivity contribution in [2.24, 2.45) is 0 Å². The fourth-order valence-electron chi connectivity index (χ4n) is 5.30. The fraction of sp³-hybridized carbons (Fsp3) is 0.583. The zero-order chi connectivity index (χ0) is 19.2. The van der Waals surface area contributed by atoms with Gasteiger partial charge in [0.1, 0.15) is 18.2 Å². The van der Waals surface area contributed by atoms with Crippen molar-refractivity contribution in [1.82, 2.24) is 14.9 Å². The Bertz CT molecular complexity index is 891. The summed E-state index contributed by atoms with van der Waals surface area (Å²) in [6.45, 7) is 2.46. The van der Waals surface area contributed by atoms with E-state index in [0.29, 0.717) is 24.6 Å². The maximum Gasteiger partial charge on any atom is 0.131 e. The van der Waals surface area contributed by atoms with Crippen LogP contribution in [0.5, 0.6) is 5.75 Å². The number of hydrogen-bond acceptors (Lipinski definition) is 5. The number of benzene rings is 1. The minimum absolute atomic E-state index is 0.249. The zero-order valence-corrected chi connectivity index (χ0v) is 16.9. The molecule has 0 amide bonds. The van der Waals surface area contributed by atoms with Crippen molar-refractivity contribution >= 4 is 0 Å². The van der Waals surface area contributed by atoms with Gasteiger partial charge in [0.05, 0.1) is 11.8 Å². The summed E-state index contributed by atoms with van der Waals surface area (Å²) in [5.41, 5.74) is 3.95. The number of para-hydroxylation sites is 1. The number of rotatable bonds is 6. The first-order chi connectivity index (χ1) is 14.3. The van der Waals surface area contributed by atoms with Crippen molar-refractivity contribution in [1.29, 1.82) is 0 Å². The van der Waals surface area contributed by atoms with E-state index >= 15 is 0 Å². The Labute approximate surface area is 172 Å². The van der Waals surface area contributed by atoms with Gasteiger partial charge in [0.15, 0.2) is 0 Å². The van der Waals surface area contributed by atoms with Gasteiger partial charge in [0.25, 0.3) is 0 Å². The molecule has 1 saturated carbocycles. The minimum atomic E-state index is 0.249. The Morgan fingerprint density at radius 1 is 1.10 bits per heavy atom. The van der Waals surface area contributed by atoms with Gasteiger partial charge >= 0.3 is 0 Å². The van der Waals surface area contributed by atoms with E-state index in [1.54, 1.807) is 0 Å². The summed E-state index contributed by atoms with van der Waals surface area (Å²) in [6, 6.07) is 9.55. The number of hydrogen-bond donors (Lipinski definition) is 0. The molecule has 0 spiro atoms. The smallest absolute Gasteiger partial charge is 0.131 e. The Hall–Kier alpha value is -1.98. The van der Waals surface area contributed by atoms with Gasteiger partial charge in [-0.3, -0.25) is 4.90 Å². The highest BCUT2D eigenvalue weighted by Gasteiger charge is 2.41. The molecule has 0 radical (unpaired) electrons. The van der Waals surface area contributed by atoms with Gasteiger partial charge in [-0.05, 0) is 44.6 Å². The van der Waals surface area contributed by atoms with Crippen molar-refractivity contribution < 1.29 is 9.47 Å². The molecule has 2 aromatic rings. The van der Waals surface area contributed by atoms with Crippen LogP contribution >= 0.6 is 0 Å². The van der Waals surface area contributed by atoms with Gasteiger partial charge in [0.2, 0.25) is 0 Å². The van der Waals surface area contributed by atoms with E-state index < -0.39 is 0 Å². The van der Waals surface area contributed by atoms with E-state index in [-0.39, 0.29) is 6.10 Å². The number of fused-ring (bicyclic) bond motifs is 4. The minimum Gasteiger partial charge on any atom is -0.491 e. The molecular weight excluding hydrogens is 362 g/mol. The van der Waals surface area contributed by atoms with Crippen LogP contribution in [-0.2, 0) is 17.7 Å². The first-order valence-electron chi connectivity index (χ1n) is 11.3. The molecule has 2 bridgehead atoms. The predicted molar refractivity (Wildman–Crippen MR) is 110 cm³/mol. The molecule has 2 saturated heterocycles. The van der Waals surface area contributed by atoms with Crippen LogP contribution in [0.25, 0.3) is 0 Å². The molecule has 3 fully saturated rings. The quantitative estimate of drug-likeness (QED) is 0.739. The molecule has 0 N–H and O–H groups in total. The van der Waals surface area contributed by atoms with Gasteiger partial charge in [-0.1, -0.05) is 18.2 Å². The Balaban J connectivity index is 1.21. The number of nitrogens with zero attached hydrogens (tertiary/aromatic N) is 3. The summed E-state index contributed by atoms with van der Waals surface area (Å²) in [4.78, 5) is 12.4. The van der Waals surface area contributed by atoms with Crippen LogP contribution in [0.1, 0.15) is 73.1 Å². The summed E-state index contributed by atoms with van der Waals surface area (Å²) in [5.74, 6) is 2.72. The molecule has 1 aromatic carbocycles. The molecule has 4 aliphatic rings. The average Bonchev–Trinajstić information content (AvgIpc) is 3.40. The standard InChI is InChI=1S/C24H29N3O2/c1-2-6-23(29-15-19-5-3-11-28-19)17(4-1)14-27-18-9-10-22(27)20-13-25-24(16-7-8-16)26-21(20)12-18/h1-2,4,6,13,16,18-19,22H,3,5,7-12,14-15H2/t18-,19+,22-/m0/s1. The fourth-order valence-corrected chi connectivity index (χ4v) is 5.30. The van der Waals surface area contributed by atoms with Gasteiger partial charge in [-0.15, -0.1) is 0 Å². The molecule has 3 atom stereocenters. The third-order valence-corrected chi connectivity index (χ3v) is 7.07. The van der Waals surface area contributed by atoms with Crippen molar-refractivity contribution in [2.75, 3.05) is 13.2 Å². The van der Waals surface area contributed by atoms with E-state index in [0.717, 1.165) is 44.0 Å². The molecular formula is C24H29N3O2. The topological polar surface area (TPSA) is 47.5 Å². The molecule has 4 heterocycles. The van der Waals surface area contributed by atoms with Crippen LogP contribution in [0.4, 0.5) is 0 Å². The van der Waals surface area contributed by atoms with Gasteiger partial charge in [-0.25, -0.2) is 9.97 Å². The highest BCUT2D eigenvalue weighted by Crippen LogP contribution is 2.45. The maximum absolute atomic E-state index is 6.20. The molecule has 1 aliphatic carbocycles. The van der Waals surface area contributed by atoms with Crippen LogP contribution in [0.2, 0.25) is 0 Å². The highest BCUT2D eigenvalue weighted by atomic mass is 16.5. The molecule has 5 heteroatoms. The highest BCUT2D eigenvalue weighted by molar-refractivity contribution is 5.35. The maximum atomic E-state index is 6.20. The summed E-state index contributed by atoms with van der Waals surface area (Å²) in [7, 11) is 0. The second-order valence-electron chi connectivity index (χ2n) is 9.08. The number of aromatic nitrogens is 2. The second kappa shape index (κ2) is 7.37. The van der Waals surface area contributed by atoms with Crippen molar-refractivity contribution in [3.8, 4) is 5.75 Å². The van der Waals surface area contributed by atoms with Crippen molar-refractivity contribution in [3.05, 3.63) is 53.1 Å². The molecule has 29 heavy (non-hydrogen) atoms. The van der Waals surface area contributed by atoms with E-state index in [2.05, 4.69) is 35.4 Å². The van der Waals surface area contributed by atoms with Crippen molar-refractivity contribution in [3.63, 3.8) is 0 Å². The van der Waals surface area contributed by atoms with E-state index in [9.17, 15) is 0 Å². The lowest BCUT2D eigenvalue weighted by molar-refractivity contribution is 0.0669. The largest absolute Gasteiger partial charge is 0.491 e. The lowest BCUT2D eigenvalue weighted by Crippen LogP contribution is -2.37. The normalized spacial score (nSPS) is 28.5. The van der Waals surface area contributed by atoms with Gasteiger partial charge in [0, 0.05) is 54.9 Å².